The third kappa shape index (κ3) is 3.98. The van der Waals surface area contributed by atoms with E-state index in [-0.39, 0.29) is 0 Å². The van der Waals surface area contributed by atoms with E-state index in [9.17, 15) is 0 Å². The Kier molecular flexibility index (Phi) is 6.70. The van der Waals surface area contributed by atoms with Gasteiger partial charge in [-0.3, -0.25) is 0 Å². The number of nitrogens with zero attached hydrogens (tertiary/aromatic N) is 1. The molecule has 0 aromatic heterocycles. The standard InChI is InChI=1S/C17H34N/c1-5-9-16(10-6-2)13-17(11-7-3,12-8-4)15-18-14-16/h5-15H2,1-4H3. The molecule has 0 unspecified atom stereocenters. The summed E-state index contributed by atoms with van der Waals surface area (Å²) in [5.74, 6) is 0. The van der Waals surface area contributed by atoms with Crippen molar-refractivity contribution in [1.29, 1.82) is 0 Å². The third-order valence-electron chi connectivity index (χ3n) is 4.77. The summed E-state index contributed by atoms with van der Waals surface area (Å²) in [6, 6.07) is 0. The molecule has 107 valence electrons. The summed E-state index contributed by atoms with van der Waals surface area (Å²) >= 11 is 0. The van der Waals surface area contributed by atoms with Crippen LogP contribution >= 0.6 is 0 Å². The summed E-state index contributed by atoms with van der Waals surface area (Å²) in [4.78, 5) is 0. The molecule has 1 aliphatic rings. The molecule has 1 heterocycles. The molecule has 0 bridgehead atoms. The molecule has 1 rings (SSSR count). The summed E-state index contributed by atoms with van der Waals surface area (Å²) in [6.07, 6.45) is 12.3. The Bertz CT molecular complexity index is 177. The molecule has 1 aliphatic heterocycles. The molecule has 0 atom stereocenters. The third-order valence-corrected chi connectivity index (χ3v) is 4.77. The van der Waals surface area contributed by atoms with Crippen LogP contribution in [0, 0.1) is 10.8 Å². The highest BCUT2D eigenvalue weighted by atomic mass is 14.9. The first kappa shape index (κ1) is 16.0. The molecule has 0 aliphatic carbocycles. The van der Waals surface area contributed by atoms with Gasteiger partial charge < -0.3 is 0 Å². The Morgan fingerprint density at radius 3 is 1.28 bits per heavy atom. The fourth-order valence-corrected chi connectivity index (χ4v) is 4.48. The lowest BCUT2D eigenvalue weighted by Gasteiger charge is -2.48. The highest BCUT2D eigenvalue weighted by Gasteiger charge is 2.43. The SMILES string of the molecule is CCCC1(CCC)C[N]CC(CCC)(CCC)C1. The Labute approximate surface area is 115 Å². The second-order valence-corrected chi connectivity index (χ2v) is 6.72. The van der Waals surface area contributed by atoms with E-state index in [1.54, 1.807) is 0 Å². The van der Waals surface area contributed by atoms with Crippen molar-refractivity contribution in [3.8, 4) is 0 Å². The van der Waals surface area contributed by atoms with E-state index in [1.165, 1.54) is 57.8 Å². The topological polar surface area (TPSA) is 14.1 Å². The molecular formula is C17H34N. The van der Waals surface area contributed by atoms with Crippen LogP contribution in [0.15, 0.2) is 0 Å². The van der Waals surface area contributed by atoms with Gasteiger partial charge in [0.15, 0.2) is 0 Å². The zero-order valence-electron chi connectivity index (χ0n) is 13.2. The molecule has 0 aromatic rings. The van der Waals surface area contributed by atoms with Gasteiger partial charge in [-0.2, -0.15) is 0 Å². The molecule has 18 heavy (non-hydrogen) atoms. The predicted molar refractivity (Wildman–Crippen MR) is 81.0 cm³/mol. The number of hydrogen-bond acceptors (Lipinski definition) is 0. The monoisotopic (exact) mass is 252 g/mol. The van der Waals surface area contributed by atoms with E-state index >= 15 is 0 Å². The fraction of sp³-hybridized carbons (Fsp3) is 1.00. The van der Waals surface area contributed by atoms with Gasteiger partial charge in [0.2, 0.25) is 0 Å². The van der Waals surface area contributed by atoms with Crippen LogP contribution in [-0.2, 0) is 0 Å². The van der Waals surface area contributed by atoms with Crippen molar-refractivity contribution in [2.45, 2.75) is 85.5 Å². The number of hydrogen-bond donors (Lipinski definition) is 0. The highest BCUT2D eigenvalue weighted by Crippen LogP contribution is 2.48. The molecule has 1 radical (unpaired) electrons. The Morgan fingerprint density at radius 2 is 1.00 bits per heavy atom. The van der Waals surface area contributed by atoms with Crippen molar-refractivity contribution in [2.75, 3.05) is 13.1 Å². The van der Waals surface area contributed by atoms with Crippen molar-refractivity contribution in [3.05, 3.63) is 0 Å². The van der Waals surface area contributed by atoms with Crippen molar-refractivity contribution in [3.63, 3.8) is 0 Å². The first-order valence-corrected chi connectivity index (χ1v) is 8.29. The number of piperidine rings is 1. The molecule has 1 fully saturated rings. The van der Waals surface area contributed by atoms with Crippen LogP contribution in [0.4, 0.5) is 0 Å². The highest BCUT2D eigenvalue weighted by molar-refractivity contribution is 4.96. The molecular weight excluding hydrogens is 218 g/mol. The van der Waals surface area contributed by atoms with Gasteiger partial charge in [-0.1, -0.05) is 53.4 Å². The quantitative estimate of drug-likeness (QED) is 0.566. The van der Waals surface area contributed by atoms with Crippen LogP contribution < -0.4 is 5.32 Å². The molecule has 0 saturated carbocycles. The minimum atomic E-state index is 0.548. The molecule has 0 spiro atoms. The van der Waals surface area contributed by atoms with E-state index in [2.05, 4.69) is 27.7 Å². The fourth-order valence-electron chi connectivity index (χ4n) is 4.48. The lowest BCUT2D eigenvalue weighted by molar-refractivity contribution is 0.0418. The Balaban J connectivity index is 2.81. The normalized spacial score (nSPS) is 22.0. The average molecular weight is 252 g/mol. The van der Waals surface area contributed by atoms with Gasteiger partial charge in [0.25, 0.3) is 0 Å². The maximum atomic E-state index is 4.96. The maximum Gasteiger partial charge on any atom is 0.0190 e. The van der Waals surface area contributed by atoms with Crippen LogP contribution in [0.5, 0.6) is 0 Å². The van der Waals surface area contributed by atoms with Gasteiger partial charge in [0.1, 0.15) is 0 Å². The maximum absolute atomic E-state index is 4.96. The van der Waals surface area contributed by atoms with E-state index in [0.717, 1.165) is 13.1 Å². The van der Waals surface area contributed by atoms with Gasteiger partial charge >= 0.3 is 0 Å². The molecule has 1 heteroatoms. The van der Waals surface area contributed by atoms with Crippen LogP contribution in [0.1, 0.15) is 85.5 Å². The molecule has 0 N–H and O–H groups in total. The molecule has 0 amide bonds. The van der Waals surface area contributed by atoms with Crippen molar-refractivity contribution in [1.82, 2.24) is 5.32 Å². The molecule has 1 saturated heterocycles. The molecule has 1 nitrogen and oxygen atoms in total. The molecule has 0 aromatic carbocycles. The van der Waals surface area contributed by atoms with Crippen molar-refractivity contribution in [2.24, 2.45) is 10.8 Å². The van der Waals surface area contributed by atoms with E-state index in [1.807, 2.05) is 0 Å². The van der Waals surface area contributed by atoms with Gasteiger partial charge in [-0.15, -0.1) is 0 Å². The van der Waals surface area contributed by atoms with Gasteiger partial charge in [-0.05, 0) is 42.9 Å². The first-order chi connectivity index (χ1) is 8.66. The smallest absolute Gasteiger partial charge is 0.0190 e. The summed E-state index contributed by atoms with van der Waals surface area (Å²) in [5, 5.41) is 4.96. The van der Waals surface area contributed by atoms with Gasteiger partial charge in [0.05, 0.1) is 0 Å². The summed E-state index contributed by atoms with van der Waals surface area (Å²) in [6.45, 7) is 11.6. The Morgan fingerprint density at radius 1 is 0.667 bits per heavy atom. The summed E-state index contributed by atoms with van der Waals surface area (Å²) in [7, 11) is 0. The van der Waals surface area contributed by atoms with E-state index in [0.29, 0.717) is 10.8 Å². The van der Waals surface area contributed by atoms with Crippen molar-refractivity contribution >= 4 is 0 Å². The average Bonchev–Trinajstić information content (AvgIpc) is 2.30. The minimum absolute atomic E-state index is 0.548. The van der Waals surface area contributed by atoms with Crippen LogP contribution in [-0.4, -0.2) is 13.1 Å². The van der Waals surface area contributed by atoms with Crippen LogP contribution in [0.2, 0.25) is 0 Å². The first-order valence-electron chi connectivity index (χ1n) is 8.29. The minimum Gasteiger partial charge on any atom is -0.241 e. The summed E-state index contributed by atoms with van der Waals surface area (Å²) < 4.78 is 0. The van der Waals surface area contributed by atoms with Gasteiger partial charge in [-0.25, -0.2) is 5.32 Å². The largest absolute Gasteiger partial charge is 0.241 e. The number of rotatable bonds is 8. The van der Waals surface area contributed by atoms with E-state index < -0.39 is 0 Å². The van der Waals surface area contributed by atoms with Crippen molar-refractivity contribution < 1.29 is 0 Å². The predicted octanol–water partition coefficient (Wildman–Crippen LogP) is 5.17. The lowest BCUT2D eigenvalue weighted by atomic mass is 9.61. The summed E-state index contributed by atoms with van der Waals surface area (Å²) in [5.41, 5.74) is 1.10. The second-order valence-electron chi connectivity index (χ2n) is 6.72. The second kappa shape index (κ2) is 7.53. The Hall–Kier alpha value is -0.0400. The van der Waals surface area contributed by atoms with Gasteiger partial charge in [0, 0.05) is 13.1 Å². The van der Waals surface area contributed by atoms with Crippen LogP contribution in [0.3, 0.4) is 0 Å². The lowest BCUT2D eigenvalue weighted by Crippen LogP contribution is -2.47. The van der Waals surface area contributed by atoms with Crippen LogP contribution in [0.25, 0.3) is 0 Å². The zero-order valence-corrected chi connectivity index (χ0v) is 13.2. The van der Waals surface area contributed by atoms with E-state index in [4.69, 9.17) is 5.32 Å². The zero-order chi connectivity index (χ0) is 13.5.